The van der Waals surface area contributed by atoms with Gasteiger partial charge in [-0.05, 0) is 24.5 Å². The molecule has 0 aliphatic heterocycles. The second kappa shape index (κ2) is 5.44. The Morgan fingerprint density at radius 3 is 2.93 bits per heavy atom. The molecule has 1 heterocycles. The molecule has 0 saturated heterocycles. The molecule has 1 amide bonds. The SMILES string of the molecule is CC(C)CCNC(=O)c1ncccc1F. The summed E-state index contributed by atoms with van der Waals surface area (Å²) in [5, 5.41) is 2.63. The third-order valence-electron chi connectivity index (χ3n) is 1.98. The number of carbonyl (C=O) groups is 1. The first kappa shape index (κ1) is 11.6. The Kier molecular flexibility index (Phi) is 4.21. The van der Waals surface area contributed by atoms with Crippen LogP contribution in [0.5, 0.6) is 0 Å². The van der Waals surface area contributed by atoms with E-state index in [1.807, 2.05) is 0 Å². The summed E-state index contributed by atoms with van der Waals surface area (Å²) in [6.45, 7) is 4.67. The fourth-order valence-corrected chi connectivity index (χ4v) is 1.11. The van der Waals surface area contributed by atoms with Crippen LogP contribution in [0.3, 0.4) is 0 Å². The standard InChI is InChI=1S/C11H15FN2O/c1-8(2)5-7-14-11(15)10-9(12)4-3-6-13-10/h3-4,6,8H,5,7H2,1-2H3,(H,14,15). The molecular weight excluding hydrogens is 195 g/mol. The molecule has 0 aromatic carbocycles. The number of rotatable bonds is 4. The highest BCUT2D eigenvalue weighted by molar-refractivity contribution is 5.92. The largest absolute Gasteiger partial charge is 0.351 e. The summed E-state index contributed by atoms with van der Waals surface area (Å²) in [7, 11) is 0. The van der Waals surface area contributed by atoms with Crippen LogP contribution in [-0.4, -0.2) is 17.4 Å². The normalized spacial score (nSPS) is 10.4. The highest BCUT2D eigenvalue weighted by atomic mass is 19.1. The number of hydrogen-bond acceptors (Lipinski definition) is 2. The maximum absolute atomic E-state index is 13.1. The van der Waals surface area contributed by atoms with Gasteiger partial charge < -0.3 is 5.32 Å². The van der Waals surface area contributed by atoms with Crippen molar-refractivity contribution in [3.8, 4) is 0 Å². The minimum absolute atomic E-state index is 0.138. The lowest BCUT2D eigenvalue weighted by molar-refractivity contribution is 0.0942. The zero-order valence-corrected chi connectivity index (χ0v) is 8.96. The smallest absolute Gasteiger partial charge is 0.272 e. The van der Waals surface area contributed by atoms with Gasteiger partial charge in [0.05, 0.1) is 0 Å². The summed E-state index contributed by atoms with van der Waals surface area (Å²) >= 11 is 0. The second-order valence-electron chi connectivity index (χ2n) is 3.77. The number of pyridine rings is 1. The topological polar surface area (TPSA) is 42.0 Å². The van der Waals surface area contributed by atoms with Crippen LogP contribution in [0.1, 0.15) is 30.8 Å². The van der Waals surface area contributed by atoms with E-state index in [1.54, 1.807) is 0 Å². The number of nitrogens with zero attached hydrogens (tertiary/aromatic N) is 1. The van der Waals surface area contributed by atoms with Crippen molar-refractivity contribution >= 4 is 5.91 Å². The summed E-state index contributed by atoms with van der Waals surface area (Å²) in [5.74, 6) is -0.521. The van der Waals surface area contributed by atoms with Crippen LogP contribution in [0.4, 0.5) is 4.39 Å². The Morgan fingerprint density at radius 2 is 2.33 bits per heavy atom. The first-order chi connectivity index (χ1) is 7.11. The maximum Gasteiger partial charge on any atom is 0.272 e. The zero-order chi connectivity index (χ0) is 11.3. The van der Waals surface area contributed by atoms with Crippen LogP contribution < -0.4 is 5.32 Å². The van der Waals surface area contributed by atoms with E-state index in [1.165, 1.54) is 18.3 Å². The van der Waals surface area contributed by atoms with Crippen molar-refractivity contribution < 1.29 is 9.18 Å². The fraction of sp³-hybridized carbons (Fsp3) is 0.455. The Bertz CT molecular complexity index is 339. The van der Waals surface area contributed by atoms with Gasteiger partial charge in [0.15, 0.2) is 11.5 Å². The van der Waals surface area contributed by atoms with Crippen LogP contribution in [0.2, 0.25) is 0 Å². The first-order valence-electron chi connectivity index (χ1n) is 5.00. The average Bonchev–Trinajstić information content (AvgIpc) is 2.17. The molecule has 3 nitrogen and oxygen atoms in total. The molecule has 0 aliphatic rings. The van der Waals surface area contributed by atoms with Crippen LogP contribution in [0, 0.1) is 11.7 Å². The molecule has 0 spiro atoms. The van der Waals surface area contributed by atoms with E-state index >= 15 is 0 Å². The fourth-order valence-electron chi connectivity index (χ4n) is 1.11. The van der Waals surface area contributed by atoms with Crippen molar-refractivity contribution in [1.82, 2.24) is 10.3 Å². The lowest BCUT2D eigenvalue weighted by Gasteiger charge is -2.06. The van der Waals surface area contributed by atoms with Gasteiger partial charge in [0.25, 0.3) is 5.91 Å². The quantitative estimate of drug-likeness (QED) is 0.825. The van der Waals surface area contributed by atoms with Gasteiger partial charge in [-0.25, -0.2) is 9.37 Å². The van der Waals surface area contributed by atoms with Gasteiger partial charge in [0, 0.05) is 12.7 Å². The van der Waals surface area contributed by atoms with Crippen molar-refractivity contribution in [2.75, 3.05) is 6.54 Å². The second-order valence-corrected chi connectivity index (χ2v) is 3.77. The summed E-state index contributed by atoms with van der Waals surface area (Å²) in [4.78, 5) is 15.1. The van der Waals surface area contributed by atoms with Gasteiger partial charge in [0.1, 0.15) is 0 Å². The van der Waals surface area contributed by atoms with Gasteiger partial charge in [-0.2, -0.15) is 0 Å². The van der Waals surface area contributed by atoms with Crippen molar-refractivity contribution in [2.24, 2.45) is 5.92 Å². The number of aromatic nitrogens is 1. The third kappa shape index (κ3) is 3.65. The predicted molar refractivity (Wildman–Crippen MR) is 56.0 cm³/mol. The maximum atomic E-state index is 13.1. The molecule has 0 atom stereocenters. The van der Waals surface area contributed by atoms with Crippen LogP contribution >= 0.6 is 0 Å². The van der Waals surface area contributed by atoms with E-state index in [0.29, 0.717) is 12.5 Å². The number of carbonyl (C=O) groups excluding carboxylic acids is 1. The van der Waals surface area contributed by atoms with Gasteiger partial charge in [-0.1, -0.05) is 13.8 Å². The molecule has 1 aromatic rings. The highest BCUT2D eigenvalue weighted by Gasteiger charge is 2.11. The molecule has 0 aliphatic carbocycles. The molecule has 4 heteroatoms. The highest BCUT2D eigenvalue weighted by Crippen LogP contribution is 2.02. The van der Waals surface area contributed by atoms with Gasteiger partial charge in [0.2, 0.25) is 0 Å². The summed E-state index contributed by atoms with van der Waals surface area (Å²) in [6, 6.07) is 2.69. The monoisotopic (exact) mass is 210 g/mol. The van der Waals surface area contributed by atoms with E-state index in [-0.39, 0.29) is 5.69 Å². The third-order valence-corrected chi connectivity index (χ3v) is 1.98. The Hall–Kier alpha value is -1.45. The van der Waals surface area contributed by atoms with Crippen molar-refractivity contribution in [2.45, 2.75) is 20.3 Å². The summed E-state index contributed by atoms with van der Waals surface area (Å²) in [5.41, 5.74) is -0.138. The molecule has 1 aromatic heterocycles. The number of hydrogen-bond donors (Lipinski definition) is 1. The molecule has 0 saturated carbocycles. The summed E-state index contributed by atoms with van der Waals surface area (Å²) in [6.07, 6.45) is 2.28. The molecule has 0 fully saturated rings. The van der Waals surface area contributed by atoms with Gasteiger partial charge in [-0.3, -0.25) is 4.79 Å². The van der Waals surface area contributed by atoms with Gasteiger partial charge >= 0.3 is 0 Å². The van der Waals surface area contributed by atoms with Crippen molar-refractivity contribution in [3.63, 3.8) is 0 Å². The van der Waals surface area contributed by atoms with E-state index < -0.39 is 11.7 Å². The Balaban J connectivity index is 2.51. The van der Waals surface area contributed by atoms with Crippen molar-refractivity contribution in [3.05, 3.63) is 29.8 Å². The lowest BCUT2D eigenvalue weighted by Crippen LogP contribution is -2.27. The average molecular weight is 210 g/mol. The molecule has 0 bridgehead atoms. The molecule has 82 valence electrons. The first-order valence-corrected chi connectivity index (χ1v) is 5.00. The van der Waals surface area contributed by atoms with Crippen LogP contribution in [0.25, 0.3) is 0 Å². The Morgan fingerprint density at radius 1 is 1.60 bits per heavy atom. The van der Waals surface area contributed by atoms with E-state index in [2.05, 4.69) is 24.1 Å². The van der Waals surface area contributed by atoms with Crippen LogP contribution in [-0.2, 0) is 0 Å². The van der Waals surface area contributed by atoms with Gasteiger partial charge in [-0.15, -0.1) is 0 Å². The molecule has 1 rings (SSSR count). The number of nitrogens with one attached hydrogen (secondary N) is 1. The van der Waals surface area contributed by atoms with E-state index in [9.17, 15) is 9.18 Å². The molecule has 15 heavy (non-hydrogen) atoms. The van der Waals surface area contributed by atoms with E-state index in [4.69, 9.17) is 0 Å². The molecule has 0 radical (unpaired) electrons. The lowest BCUT2D eigenvalue weighted by atomic mass is 10.1. The summed E-state index contributed by atoms with van der Waals surface area (Å²) < 4.78 is 13.1. The molecule has 0 unspecified atom stereocenters. The van der Waals surface area contributed by atoms with Crippen molar-refractivity contribution in [1.29, 1.82) is 0 Å². The number of halogens is 1. The Labute approximate surface area is 88.7 Å². The minimum Gasteiger partial charge on any atom is -0.351 e. The molecular formula is C11H15FN2O. The number of amides is 1. The van der Waals surface area contributed by atoms with E-state index in [0.717, 1.165) is 6.42 Å². The predicted octanol–water partition coefficient (Wildman–Crippen LogP) is 2.00. The minimum atomic E-state index is -0.584. The zero-order valence-electron chi connectivity index (χ0n) is 8.96. The molecule has 1 N–H and O–H groups in total. The van der Waals surface area contributed by atoms with Crippen LogP contribution in [0.15, 0.2) is 18.3 Å².